The molecule has 0 aliphatic heterocycles. The largest absolute Gasteiger partial charge is 0.456 e. The van der Waals surface area contributed by atoms with Crippen LogP contribution in [0.3, 0.4) is 0 Å². The van der Waals surface area contributed by atoms with E-state index in [1.165, 1.54) is 28.0 Å². The molecule has 26 heavy (non-hydrogen) atoms. The molecule has 1 aliphatic carbocycles. The Balaban J connectivity index is 1.54. The molecule has 0 radical (unpaired) electrons. The van der Waals surface area contributed by atoms with Crippen LogP contribution in [0, 0.1) is 6.92 Å². The quantitative estimate of drug-likeness (QED) is 0.682. The normalized spacial score (nSPS) is 13.4. The van der Waals surface area contributed by atoms with Crippen molar-refractivity contribution in [1.82, 2.24) is 9.38 Å². The molecule has 0 atom stereocenters. The van der Waals surface area contributed by atoms with E-state index in [0.29, 0.717) is 16.9 Å². The average Bonchev–Trinajstić information content (AvgIpc) is 2.66. The molecule has 1 aromatic carbocycles. The summed E-state index contributed by atoms with van der Waals surface area (Å²) in [5, 5.41) is 0. The molecule has 0 saturated carbocycles. The molecule has 0 spiro atoms. The number of hydrogen-bond donors (Lipinski definition) is 0. The van der Waals surface area contributed by atoms with Crippen LogP contribution in [0.15, 0.2) is 47.4 Å². The molecule has 4 rings (SSSR count). The van der Waals surface area contributed by atoms with E-state index in [0.717, 1.165) is 24.8 Å². The fourth-order valence-corrected chi connectivity index (χ4v) is 3.47. The Labute approximate surface area is 151 Å². The van der Waals surface area contributed by atoms with Crippen molar-refractivity contribution in [2.24, 2.45) is 0 Å². The second kappa shape index (κ2) is 6.75. The summed E-state index contributed by atoms with van der Waals surface area (Å²) in [5.41, 5.74) is 4.87. The van der Waals surface area contributed by atoms with Crippen LogP contribution < -0.4 is 5.56 Å². The smallest absolute Gasteiger partial charge is 0.338 e. The van der Waals surface area contributed by atoms with Gasteiger partial charge in [-0.05, 0) is 67.5 Å². The molecule has 0 fully saturated rings. The van der Waals surface area contributed by atoms with E-state index in [4.69, 9.17) is 4.74 Å². The van der Waals surface area contributed by atoms with Crippen LogP contribution >= 0.6 is 0 Å². The van der Waals surface area contributed by atoms with E-state index < -0.39 is 0 Å². The lowest BCUT2D eigenvalue weighted by atomic mass is 9.90. The van der Waals surface area contributed by atoms with E-state index in [1.807, 2.05) is 31.2 Å². The van der Waals surface area contributed by atoms with Gasteiger partial charge >= 0.3 is 5.97 Å². The summed E-state index contributed by atoms with van der Waals surface area (Å²) in [5.74, 6) is -0.384. The Morgan fingerprint density at radius 3 is 2.81 bits per heavy atom. The average molecular weight is 348 g/mol. The maximum absolute atomic E-state index is 12.4. The summed E-state index contributed by atoms with van der Waals surface area (Å²) in [6.45, 7) is 1.88. The summed E-state index contributed by atoms with van der Waals surface area (Å²) in [6, 6.07) is 10.9. The van der Waals surface area contributed by atoms with Crippen molar-refractivity contribution < 1.29 is 9.53 Å². The fraction of sp³-hybridized carbons (Fsp3) is 0.286. The molecule has 132 valence electrons. The molecular formula is C21H20N2O3. The summed E-state index contributed by atoms with van der Waals surface area (Å²) in [6.07, 6.45) is 6.14. The summed E-state index contributed by atoms with van der Waals surface area (Å²) >= 11 is 0. The van der Waals surface area contributed by atoms with E-state index >= 15 is 0 Å². The first kappa shape index (κ1) is 16.5. The SMILES string of the molecule is Cc1cccn2c(=O)cc(COC(=O)c3ccc4c(c3)CCCC4)nc12. The number of benzene rings is 1. The second-order valence-electron chi connectivity index (χ2n) is 6.74. The fourth-order valence-electron chi connectivity index (χ4n) is 3.47. The number of aromatic nitrogens is 2. The number of rotatable bonds is 3. The van der Waals surface area contributed by atoms with Crippen molar-refractivity contribution in [3.05, 3.63) is 80.9 Å². The lowest BCUT2D eigenvalue weighted by molar-refractivity contribution is 0.0467. The third-order valence-corrected chi connectivity index (χ3v) is 4.87. The minimum absolute atomic E-state index is 0.0179. The maximum atomic E-state index is 12.4. The summed E-state index contributed by atoms with van der Waals surface area (Å²) in [7, 11) is 0. The van der Waals surface area contributed by atoms with Crippen LogP contribution in [0.1, 0.15) is 45.6 Å². The monoisotopic (exact) mass is 348 g/mol. The highest BCUT2D eigenvalue weighted by Gasteiger charge is 2.14. The minimum atomic E-state index is -0.384. The third kappa shape index (κ3) is 3.12. The van der Waals surface area contributed by atoms with Crippen LogP contribution in [0.5, 0.6) is 0 Å². The first-order valence-corrected chi connectivity index (χ1v) is 8.89. The van der Waals surface area contributed by atoms with Gasteiger partial charge in [-0.3, -0.25) is 9.20 Å². The molecule has 0 unspecified atom stereocenters. The zero-order chi connectivity index (χ0) is 18.1. The number of nitrogens with zero attached hydrogens (tertiary/aromatic N) is 2. The predicted molar refractivity (Wildman–Crippen MR) is 98.4 cm³/mol. The number of esters is 1. The van der Waals surface area contributed by atoms with E-state index in [9.17, 15) is 9.59 Å². The topological polar surface area (TPSA) is 60.7 Å². The molecule has 5 nitrogen and oxygen atoms in total. The van der Waals surface area contributed by atoms with E-state index in [1.54, 1.807) is 12.3 Å². The van der Waals surface area contributed by atoms with Gasteiger partial charge in [-0.2, -0.15) is 0 Å². The molecule has 0 saturated heterocycles. The number of hydrogen-bond acceptors (Lipinski definition) is 4. The number of aryl methyl sites for hydroxylation is 3. The van der Waals surface area contributed by atoms with Gasteiger partial charge in [-0.15, -0.1) is 0 Å². The number of fused-ring (bicyclic) bond motifs is 2. The predicted octanol–water partition coefficient (Wildman–Crippen LogP) is 3.24. The molecule has 3 aromatic rings. The van der Waals surface area contributed by atoms with Gasteiger partial charge in [0.15, 0.2) is 0 Å². The van der Waals surface area contributed by atoms with Gasteiger partial charge < -0.3 is 4.74 Å². The van der Waals surface area contributed by atoms with Crippen LogP contribution in [-0.4, -0.2) is 15.4 Å². The molecule has 5 heteroatoms. The number of carbonyl (C=O) groups is 1. The Hall–Kier alpha value is -2.95. The highest BCUT2D eigenvalue weighted by Crippen LogP contribution is 2.22. The summed E-state index contributed by atoms with van der Waals surface area (Å²) < 4.78 is 6.89. The van der Waals surface area contributed by atoms with Gasteiger partial charge in [-0.25, -0.2) is 9.78 Å². The molecule has 1 aliphatic rings. The minimum Gasteiger partial charge on any atom is -0.456 e. The molecule has 2 heterocycles. The Kier molecular flexibility index (Phi) is 4.29. The van der Waals surface area contributed by atoms with Crippen molar-refractivity contribution in [2.45, 2.75) is 39.2 Å². The van der Waals surface area contributed by atoms with Crippen LogP contribution in [0.25, 0.3) is 5.65 Å². The summed E-state index contributed by atoms with van der Waals surface area (Å²) in [4.78, 5) is 29.1. The Morgan fingerprint density at radius 2 is 1.96 bits per heavy atom. The van der Waals surface area contributed by atoms with Gasteiger partial charge in [0.05, 0.1) is 11.3 Å². The molecule has 0 N–H and O–H groups in total. The number of carbonyl (C=O) groups excluding carboxylic acids is 1. The lowest BCUT2D eigenvalue weighted by Gasteiger charge is -2.16. The number of ether oxygens (including phenoxy) is 1. The van der Waals surface area contributed by atoms with E-state index in [-0.39, 0.29) is 18.1 Å². The highest BCUT2D eigenvalue weighted by atomic mass is 16.5. The van der Waals surface area contributed by atoms with Gasteiger partial charge in [-0.1, -0.05) is 12.1 Å². The Bertz CT molecular complexity index is 1050. The first-order valence-electron chi connectivity index (χ1n) is 8.89. The van der Waals surface area contributed by atoms with Crippen molar-refractivity contribution in [3.63, 3.8) is 0 Å². The van der Waals surface area contributed by atoms with Crippen LogP contribution in [0.2, 0.25) is 0 Å². The zero-order valence-electron chi connectivity index (χ0n) is 14.7. The first-order chi connectivity index (χ1) is 12.6. The molecular weight excluding hydrogens is 328 g/mol. The standard InChI is InChI=1S/C21H20N2O3/c1-14-5-4-10-23-19(24)12-18(22-20(14)23)13-26-21(25)17-9-8-15-6-2-3-7-16(15)11-17/h4-5,8-12H,2-3,6-7,13H2,1H3. The third-order valence-electron chi connectivity index (χ3n) is 4.87. The van der Waals surface area contributed by atoms with Gasteiger partial charge in [0.25, 0.3) is 5.56 Å². The van der Waals surface area contributed by atoms with Gasteiger partial charge in [0, 0.05) is 12.3 Å². The zero-order valence-corrected chi connectivity index (χ0v) is 14.7. The van der Waals surface area contributed by atoms with Crippen molar-refractivity contribution in [3.8, 4) is 0 Å². The van der Waals surface area contributed by atoms with Gasteiger partial charge in [0.1, 0.15) is 12.3 Å². The number of pyridine rings is 1. The van der Waals surface area contributed by atoms with Gasteiger partial charge in [0.2, 0.25) is 0 Å². The maximum Gasteiger partial charge on any atom is 0.338 e. The van der Waals surface area contributed by atoms with Crippen molar-refractivity contribution in [2.75, 3.05) is 0 Å². The molecule has 0 bridgehead atoms. The van der Waals surface area contributed by atoms with E-state index in [2.05, 4.69) is 4.98 Å². The van der Waals surface area contributed by atoms with Crippen LogP contribution in [0.4, 0.5) is 0 Å². The molecule has 0 amide bonds. The highest BCUT2D eigenvalue weighted by molar-refractivity contribution is 5.89. The second-order valence-corrected chi connectivity index (χ2v) is 6.74. The van der Waals surface area contributed by atoms with Crippen LogP contribution in [-0.2, 0) is 24.2 Å². The van der Waals surface area contributed by atoms with Crippen molar-refractivity contribution >= 4 is 11.6 Å². The Morgan fingerprint density at radius 1 is 1.15 bits per heavy atom. The van der Waals surface area contributed by atoms with Crippen molar-refractivity contribution in [1.29, 1.82) is 0 Å². The lowest BCUT2D eigenvalue weighted by Crippen LogP contribution is -2.17. The molecule has 2 aromatic heterocycles.